The topological polar surface area (TPSA) is 57.5 Å². The van der Waals surface area contributed by atoms with Crippen LogP contribution in [0.2, 0.25) is 0 Å². The molecule has 0 bridgehead atoms. The van der Waals surface area contributed by atoms with E-state index in [1.807, 2.05) is 37.3 Å². The van der Waals surface area contributed by atoms with Gasteiger partial charge in [-0.05, 0) is 24.8 Å². The van der Waals surface area contributed by atoms with Gasteiger partial charge in [-0.25, -0.2) is 0 Å². The van der Waals surface area contributed by atoms with E-state index >= 15 is 0 Å². The summed E-state index contributed by atoms with van der Waals surface area (Å²) in [4.78, 5) is 11.1. The van der Waals surface area contributed by atoms with Gasteiger partial charge in [-0.1, -0.05) is 43.7 Å². The molecule has 94 valence electrons. The molecule has 0 aromatic heterocycles. The van der Waals surface area contributed by atoms with Crippen molar-refractivity contribution in [1.82, 2.24) is 0 Å². The number of carboxylic acid groups (broad SMARTS) is 1. The molecule has 1 aromatic carbocycles. The Labute approximate surface area is 102 Å². The molecular formula is C14H20O3. The minimum atomic E-state index is -0.901. The molecule has 0 saturated heterocycles. The van der Waals surface area contributed by atoms with E-state index in [0.717, 1.165) is 12.0 Å². The highest BCUT2D eigenvalue weighted by Crippen LogP contribution is 2.17. The second kappa shape index (κ2) is 7.07. The van der Waals surface area contributed by atoms with Crippen LogP contribution in [0.15, 0.2) is 30.3 Å². The first kappa shape index (κ1) is 13.7. The Kier molecular flexibility index (Phi) is 5.70. The van der Waals surface area contributed by atoms with E-state index in [4.69, 9.17) is 5.11 Å². The summed E-state index contributed by atoms with van der Waals surface area (Å²) in [7, 11) is 0. The molecule has 2 N–H and O–H groups in total. The van der Waals surface area contributed by atoms with Gasteiger partial charge in [0.05, 0.1) is 12.0 Å². The number of aryl methyl sites for hydroxylation is 1. The number of aliphatic hydroxyl groups is 1. The molecule has 1 rings (SSSR count). The van der Waals surface area contributed by atoms with Crippen LogP contribution in [0.4, 0.5) is 0 Å². The predicted molar refractivity (Wildman–Crippen MR) is 66.8 cm³/mol. The SMILES string of the molecule is CCCC(O)[C@@H](CCc1ccccc1)C(=O)O. The van der Waals surface area contributed by atoms with E-state index in [2.05, 4.69) is 0 Å². The van der Waals surface area contributed by atoms with Crippen LogP contribution >= 0.6 is 0 Å². The number of rotatable bonds is 7. The Morgan fingerprint density at radius 2 is 1.88 bits per heavy atom. The highest BCUT2D eigenvalue weighted by atomic mass is 16.4. The van der Waals surface area contributed by atoms with Gasteiger partial charge in [0.15, 0.2) is 0 Å². The van der Waals surface area contributed by atoms with Gasteiger partial charge < -0.3 is 10.2 Å². The zero-order valence-electron chi connectivity index (χ0n) is 10.2. The van der Waals surface area contributed by atoms with Gasteiger partial charge in [-0.2, -0.15) is 0 Å². The molecule has 2 atom stereocenters. The minimum absolute atomic E-state index is 0.487. The van der Waals surface area contributed by atoms with Gasteiger partial charge in [0, 0.05) is 0 Å². The lowest BCUT2D eigenvalue weighted by Crippen LogP contribution is -2.28. The maximum Gasteiger partial charge on any atom is 0.309 e. The summed E-state index contributed by atoms with van der Waals surface area (Å²) in [6, 6.07) is 9.77. The second-order valence-corrected chi connectivity index (χ2v) is 4.33. The highest BCUT2D eigenvalue weighted by Gasteiger charge is 2.25. The third-order valence-electron chi connectivity index (χ3n) is 2.95. The summed E-state index contributed by atoms with van der Waals surface area (Å²) in [6.07, 6.45) is 1.79. The first-order chi connectivity index (χ1) is 8.15. The number of hydrogen-bond acceptors (Lipinski definition) is 2. The molecule has 17 heavy (non-hydrogen) atoms. The maximum atomic E-state index is 11.1. The van der Waals surface area contributed by atoms with Crippen molar-refractivity contribution in [1.29, 1.82) is 0 Å². The third-order valence-corrected chi connectivity index (χ3v) is 2.95. The summed E-state index contributed by atoms with van der Waals surface area (Å²) in [6.45, 7) is 1.94. The van der Waals surface area contributed by atoms with E-state index in [0.29, 0.717) is 19.3 Å². The predicted octanol–water partition coefficient (Wildman–Crippen LogP) is 2.48. The smallest absolute Gasteiger partial charge is 0.309 e. The molecular weight excluding hydrogens is 216 g/mol. The van der Waals surface area contributed by atoms with E-state index < -0.39 is 18.0 Å². The molecule has 1 unspecified atom stereocenters. The van der Waals surface area contributed by atoms with Gasteiger partial charge in [-0.15, -0.1) is 0 Å². The molecule has 1 aromatic rings. The number of benzene rings is 1. The molecule has 0 aliphatic carbocycles. The van der Waals surface area contributed by atoms with Crippen molar-refractivity contribution in [2.45, 2.75) is 38.7 Å². The van der Waals surface area contributed by atoms with Crippen molar-refractivity contribution in [2.75, 3.05) is 0 Å². The number of carbonyl (C=O) groups is 1. The average molecular weight is 236 g/mol. The maximum absolute atomic E-state index is 11.1. The van der Waals surface area contributed by atoms with E-state index in [9.17, 15) is 9.90 Å². The number of carboxylic acids is 1. The number of aliphatic hydroxyl groups excluding tert-OH is 1. The summed E-state index contributed by atoms with van der Waals surface area (Å²) in [5.74, 6) is -1.56. The van der Waals surface area contributed by atoms with E-state index in [1.165, 1.54) is 0 Å². The first-order valence-electron chi connectivity index (χ1n) is 6.10. The molecule has 0 spiro atoms. The van der Waals surface area contributed by atoms with Crippen molar-refractivity contribution in [3.05, 3.63) is 35.9 Å². The Balaban J connectivity index is 2.53. The molecule has 3 heteroatoms. The number of aliphatic carboxylic acids is 1. The zero-order valence-corrected chi connectivity index (χ0v) is 10.2. The standard InChI is InChI=1S/C14H20O3/c1-2-6-13(15)12(14(16)17)10-9-11-7-4-3-5-8-11/h3-5,7-8,12-13,15H,2,6,9-10H2,1H3,(H,16,17)/t12-,13?/m1/s1. The quantitative estimate of drug-likeness (QED) is 0.764. The minimum Gasteiger partial charge on any atom is -0.481 e. The van der Waals surface area contributed by atoms with Crippen LogP contribution in [0, 0.1) is 5.92 Å². The van der Waals surface area contributed by atoms with Crippen molar-refractivity contribution < 1.29 is 15.0 Å². The van der Waals surface area contributed by atoms with Crippen LogP contribution in [0.25, 0.3) is 0 Å². The Morgan fingerprint density at radius 3 is 2.41 bits per heavy atom. The van der Waals surface area contributed by atoms with Gasteiger partial charge in [-0.3, -0.25) is 4.79 Å². The van der Waals surface area contributed by atoms with Crippen molar-refractivity contribution >= 4 is 5.97 Å². The van der Waals surface area contributed by atoms with Crippen LogP contribution in [-0.2, 0) is 11.2 Å². The van der Waals surface area contributed by atoms with Crippen molar-refractivity contribution in [2.24, 2.45) is 5.92 Å². The molecule has 0 saturated carbocycles. The second-order valence-electron chi connectivity index (χ2n) is 4.33. The molecule has 0 fully saturated rings. The Bertz CT molecular complexity index is 335. The highest BCUT2D eigenvalue weighted by molar-refractivity contribution is 5.70. The van der Waals surface area contributed by atoms with Crippen molar-refractivity contribution in [3.8, 4) is 0 Å². The lowest BCUT2D eigenvalue weighted by Gasteiger charge is -2.18. The summed E-state index contributed by atoms with van der Waals surface area (Å²) < 4.78 is 0. The summed E-state index contributed by atoms with van der Waals surface area (Å²) >= 11 is 0. The third kappa shape index (κ3) is 4.57. The fourth-order valence-electron chi connectivity index (χ4n) is 1.94. The van der Waals surface area contributed by atoms with Crippen LogP contribution in [0.1, 0.15) is 31.7 Å². The van der Waals surface area contributed by atoms with Gasteiger partial charge >= 0.3 is 5.97 Å². The monoisotopic (exact) mass is 236 g/mol. The molecule has 0 aliphatic rings. The fraction of sp³-hybridized carbons (Fsp3) is 0.500. The normalized spacial score (nSPS) is 14.2. The van der Waals surface area contributed by atoms with Crippen molar-refractivity contribution in [3.63, 3.8) is 0 Å². The summed E-state index contributed by atoms with van der Waals surface area (Å²) in [5, 5.41) is 18.9. The van der Waals surface area contributed by atoms with Crippen LogP contribution < -0.4 is 0 Å². The molecule has 0 heterocycles. The Morgan fingerprint density at radius 1 is 1.24 bits per heavy atom. The van der Waals surface area contributed by atoms with E-state index in [1.54, 1.807) is 0 Å². The van der Waals surface area contributed by atoms with Crippen LogP contribution in [0.5, 0.6) is 0 Å². The van der Waals surface area contributed by atoms with Gasteiger partial charge in [0.1, 0.15) is 0 Å². The Hall–Kier alpha value is -1.35. The lowest BCUT2D eigenvalue weighted by molar-refractivity contribution is -0.146. The van der Waals surface area contributed by atoms with Crippen LogP contribution in [0.3, 0.4) is 0 Å². The molecule has 0 aliphatic heterocycles. The van der Waals surface area contributed by atoms with Gasteiger partial charge in [0.2, 0.25) is 0 Å². The zero-order chi connectivity index (χ0) is 12.7. The summed E-state index contributed by atoms with van der Waals surface area (Å²) in [5.41, 5.74) is 1.11. The fourth-order valence-corrected chi connectivity index (χ4v) is 1.94. The number of hydrogen-bond donors (Lipinski definition) is 2. The average Bonchev–Trinajstić information content (AvgIpc) is 2.30. The molecule has 0 amide bonds. The van der Waals surface area contributed by atoms with Gasteiger partial charge in [0.25, 0.3) is 0 Å². The first-order valence-corrected chi connectivity index (χ1v) is 6.10. The largest absolute Gasteiger partial charge is 0.481 e. The van der Waals surface area contributed by atoms with Crippen LogP contribution in [-0.4, -0.2) is 22.3 Å². The molecule has 3 nitrogen and oxygen atoms in total. The lowest BCUT2D eigenvalue weighted by atomic mass is 9.92. The van der Waals surface area contributed by atoms with E-state index in [-0.39, 0.29) is 0 Å². The molecule has 0 radical (unpaired) electrons.